The van der Waals surface area contributed by atoms with E-state index in [0.717, 1.165) is 32.7 Å². The maximum atomic E-state index is 8.71. The molecule has 2 aromatic carbocycles. The van der Waals surface area contributed by atoms with Crippen LogP contribution in [0.5, 0.6) is 0 Å². The van der Waals surface area contributed by atoms with Crippen molar-refractivity contribution < 1.29 is 10.1 Å². The number of aromatic nitrogens is 1. The summed E-state index contributed by atoms with van der Waals surface area (Å²) in [6.45, 7) is 3.17. The minimum absolute atomic E-state index is 0.346. The van der Waals surface area contributed by atoms with Gasteiger partial charge in [-0.2, -0.15) is 0 Å². The summed E-state index contributed by atoms with van der Waals surface area (Å²) >= 11 is 0. The third kappa shape index (κ3) is 2.54. The van der Waals surface area contributed by atoms with Gasteiger partial charge in [0.25, 0.3) is 5.82 Å². The first kappa shape index (κ1) is 12.8. The Labute approximate surface area is 161 Å². The summed E-state index contributed by atoms with van der Waals surface area (Å²) in [6.07, 6.45) is 2.03. The molecule has 2 heterocycles. The fourth-order valence-electron chi connectivity index (χ4n) is 3.83. The summed E-state index contributed by atoms with van der Waals surface area (Å²) in [7, 11) is 1.99. The Bertz CT molecular complexity index is 1260. The molecule has 130 valence electrons. The lowest BCUT2D eigenvalue weighted by Crippen LogP contribution is -2.50. The van der Waals surface area contributed by atoms with Gasteiger partial charge in [-0.25, -0.2) is 4.57 Å². The van der Waals surface area contributed by atoms with Gasteiger partial charge in [-0.05, 0) is 41.9 Å². The van der Waals surface area contributed by atoms with E-state index in [1.807, 2.05) is 93.3 Å². The van der Waals surface area contributed by atoms with Gasteiger partial charge in [0.2, 0.25) is 0 Å². The van der Waals surface area contributed by atoms with E-state index in [0.29, 0.717) is 5.47 Å². The van der Waals surface area contributed by atoms with Crippen LogP contribution in [0.2, 0.25) is 6.82 Å². The van der Waals surface area contributed by atoms with Crippen LogP contribution in [0.15, 0.2) is 54.6 Å². The number of aryl methyl sites for hydroxylation is 1. The molecule has 0 aliphatic carbocycles. The number of nitrogens with zero attached hydrogens (tertiary/aromatic N) is 2. The van der Waals surface area contributed by atoms with Crippen LogP contribution >= 0.6 is 0 Å². The second kappa shape index (κ2) is 6.32. The van der Waals surface area contributed by atoms with Gasteiger partial charge in [0.05, 0.1) is 13.2 Å². The topological polar surface area (TPSA) is 7.12 Å². The van der Waals surface area contributed by atoms with E-state index >= 15 is 0 Å². The van der Waals surface area contributed by atoms with Crippen molar-refractivity contribution in [2.75, 3.05) is 4.81 Å². The molecule has 4 rings (SSSR count). The van der Waals surface area contributed by atoms with Crippen LogP contribution in [0.4, 0.5) is 5.82 Å². The SMILES string of the molecule is [2H]C([2H])([2H])C1=c2ccccc2=CN(c2cc(C([2H])(C)C)c3ccccc3[n+]2C)B1C. The van der Waals surface area contributed by atoms with Crippen molar-refractivity contribution in [3.05, 3.63) is 70.6 Å². The number of pyridine rings is 1. The lowest BCUT2D eigenvalue weighted by molar-refractivity contribution is -0.631. The second-order valence-electron chi connectivity index (χ2n) is 7.21. The standard InChI is InChI=1S/C23H26BN2/c1-16(2)21-14-23(25(5)22-13-9-8-12-20(21)22)26-15-18-10-6-7-11-19(18)17(3)24(26)4/h6-16H,1-5H3/q+1/i3D3,16D. The maximum absolute atomic E-state index is 8.71. The summed E-state index contributed by atoms with van der Waals surface area (Å²) in [5, 5.41) is 2.71. The van der Waals surface area contributed by atoms with Crippen molar-refractivity contribution >= 4 is 35.2 Å². The number of hydrogen-bond donors (Lipinski definition) is 0. The lowest BCUT2D eigenvalue weighted by Gasteiger charge is -2.25. The average Bonchev–Trinajstić information content (AvgIpc) is 2.66. The highest BCUT2D eigenvalue weighted by Crippen LogP contribution is 2.28. The highest BCUT2D eigenvalue weighted by atomic mass is 15.2. The zero-order valence-electron chi connectivity index (χ0n) is 19.7. The van der Waals surface area contributed by atoms with Crippen LogP contribution in [0.1, 0.15) is 37.6 Å². The molecule has 0 saturated heterocycles. The molecule has 0 atom stereocenters. The van der Waals surface area contributed by atoms with E-state index in [2.05, 4.69) is 4.57 Å². The molecule has 2 nitrogen and oxygen atoms in total. The predicted molar refractivity (Wildman–Crippen MR) is 113 cm³/mol. The summed E-state index contributed by atoms with van der Waals surface area (Å²) in [5.74, 6) is 0.0728. The summed E-state index contributed by atoms with van der Waals surface area (Å²) in [4.78, 5) is 2.03. The lowest BCUT2D eigenvalue weighted by atomic mass is 9.55. The van der Waals surface area contributed by atoms with E-state index in [1.54, 1.807) is 0 Å². The van der Waals surface area contributed by atoms with Crippen LogP contribution in [0, 0.1) is 0 Å². The summed E-state index contributed by atoms with van der Waals surface area (Å²) < 4.78 is 35.4. The molecule has 0 N–H and O–H groups in total. The van der Waals surface area contributed by atoms with E-state index in [9.17, 15) is 0 Å². The number of benzene rings is 2. The largest absolute Gasteiger partial charge is 0.405 e. The third-order valence-electron chi connectivity index (χ3n) is 5.34. The van der Waals surface area contributed by atoms with Crippen LogP contribution in [-0.2, 0) is 7.05 Å². The third-order valence-corrected chi connectivity index (χ3v) is 5.34. The van der Waals surface area contributed by atoms with Crippen molar-refractivity contribution in [1.29, 1.82) is 0 Å². The van der Waals surface area contributed by atoms with Gasteiger partial charge in [0.1, 0.15) is 5.52 Å². The first-order chi connectivity index (χ1) is 14.0. The average molecular weight is 345 g/mol. The normalized spacial score (nSPS) is 17.2. The van der Waals surface area contributed by atoms with Crippen LogP contribution in [0.3, 0.4) is 0 Å². The quantitative estimate of drug-likeness (QED) is 0.510. The van der Waals surface area contributed by atoms with Gasteiger partial charge in [-0.15, -0.1) is 0 Å². The molecule has 1 aliphatic rings. The molecule has 0 radical (unpaired) electrons. The molecular weight excluding hydrogens is 315 g/mol. The molecule has 1 aliphatic heterocycles. The van der Waals surface area contributed by atoms with Gasteiger partial charge in [0.15, 0.2) is 0 Å². The number of hydrogen-bond acceptors (Lipinski definition) is 1. The molecule has 3 aromatic rings. The molecule has 0 unspecified atom stereocenters. The Balaban J connectivity index is 2.05. The number of anilines is 1. The molecule has 0 fully saturated rings. The van der Waals surface area contributed by atoms with Gasteiger partial charge >= 0.3 is 6.85 Å². The predicted octanol–water partition coefficient (Wildman–Crippen LogP) is 3.38. The minimum atomic E-state index is -2.20. The summed E-state index contributed by atoms with van der Waals surface area (Å²) in [6, 6.07) is 17.8. The van der Waals surface area contributed by atoms with Crippen LogP contribution < -0.4 is 19.8 Å². The fourth-order valence-corrected chi connectivity index (χ4v) is 3.83. The van der Waals surface area contributed by atoms with Gasteiger partial charge < -0.3 is 0 Å². The summed E-state index contributed by atoms with van der Waals surface area (Å²) in [5.41, 5.74) is 2.38. The number of para-hydroxylation sites is 1. The highest BCUT2D eigenvalue weighted by molar-refractivity contribution is 6.80. The number of fused-ring (bicyclic) bond motifs is 2. The molecule has 0 amide bonds. The maximum Gasteiger partial charge on any atom is 0.405 e. The molecule has 0 saturated carbocycles. The number of rotatable bonds is 2. The molecular formula is C23H26BN2+. The van der Waals surface area contributed by atoms with E-state index in [4.69, 9.17) is 5.48 Å². The molecule has 0 spiro atoms. The van der Waals surface area contributed by atoms with E-state index in [-0.39, 0.29) is 6.85 Å². The smallest absolute Gasteiger partial charge is 0.293 e. The Kier molecular flexibility index (Phi) is 3.10. The first-order valence-electron chi connectivity index (χ1n) is 11.0. The zero-order chi connectivity index (χ0) is 21.8. The van der Waals surface area contributed by atoms with Crippen molar-refractivity contribution in [3.63, 3.8) is 0 Å². The molecule has 3 heteroatoms. The Hall–Kier alpha value is -2.55. The minimum Gasteiger partial charge on any atom is -0.293 e. The van der Waals surface area contributed by atoms with Crippen molar-refractivity contribution in [2.45, 2.75) is 33.4 Å². The molecule has 1 aromatic heterocycles. The van der Waals surface area contributed by atoms with Crippen LogP contribution in [0.25, 0.3) is 22.6 Å². The van der Waals surface area contributed by atoms with E-state index < -0.39 is 12.7 Å². The zero-order valence-corrected chi connectivity index (χ0v) is 15.7. The van der Waals surface area contributed by atoms with Crippen molar-refractivity contribution in [1.82, 2.24) is 0 Å². The highest BCUT2D eigenvalue weighted by Gasteiger charge is 2.33. The Morgan fingerprint density at radius 2 is 1.85 bits per heavy atom. The fraction of sp³-hybridized carbons (Fsp3) is 0.261. The first-order valence-corrected chi connectivity index (χ1v) is 9.02. The van der Waals surface area contributed by atoms with Gasteiger partial charge in [0, 0.05) is 22.2 Å². The van der Waals surface area contributed by atoms with Crippen molar-refractivity contribution in [2.24, 2.45) is 7.05 Å². The Morgan fingerprint density at radius 1 is 1.12 bits per heavy atom. The molecule has 26 heavy (non-hydrogen) atoms. The molecule has 0 bridgehead atoms. The van der Waals surface area contributed by atoms with Gasteiger partial charge in [-0.3, -0.25) is 4.81 Å². The Morgan fingerprint density at radius 3 is 2.62 bits per heavy atom. The van der Waals surface area contributed by atoms with Crippen LogP contribution in [-0.4, -0.2) is 6.85 Å². The monoisotopic (exact) mass is 345 g/mol. The van der Waals surface area contributed by atoms with Gasteiger partial charge in [-0.1, -0.05) is 56.3 Å². The second-order valence-corrected chi connectivity index (χ2v) is 7.21. The van der Waals surface area contributed by atoms with Crippen molar-refractivity contribution in [3.8, 4) is 0 Å². The van der Waals surface area contributed by atoms with E-state index in [1.165, 1.54) is 0 Å².